The van der Waals surface area contributed by atoms with Gasteiger partial charge in [0.05, 0.1) is 11.3 Å². The van der Waals surface area contributed by atoms with Crippen molar-refractivity contribution in [3.63, 3.8) is 0 Å². The average molecular weight is 380 g/mol. The Hall–Kier alpha value is -1.51. The molecule has 0 N–H and O–H groups in total. The minimum atomic E-state index is -0.462. The molecule has 134 valence electrons. The molecule has 2 heterocycles. The van der Waals surface area contributed by atoms with Gasteiger partial charge in [0.2, 0.25) is 0 Å². The topological polar surface area (TPSA) is 72.5 Å². The molecule has 1 atom stereocenters. The molecule has 1 aromatic heterocycles. The molecule has 0 radical (unpaired) electrons. The normalized spacial score (nSPS) is 18.6. The zero-order valence-corrected chi connectivity index (χ0v) is 15.8. The molecule has 0 spiro atoms. The summed E-state index contributed by atoms with van der Waals surface area (Å²) in [5, 5.41) is 0. The zero-order chi connectivity index (χ0) is 18.0. The SMILES string of the molecule is CC1CCCN(SC(=O)SCC(=O)c2ccc3oc(=O)n(C)c3c2)C1. The monoisotopic (exact) mass is 380 g/mol. The van der Waals surface area contributed by atoms with Crippen LogP contribution < -0.4 is 5.76 Å². The molecule has 1 aliphatic rings. The first-order valence-electron chi connectivity index (χ1n) is 8.16. The van der Waals surface area contributed by atoms with Crippen molar-refractivity contribution in [2.45, 2.75) is 19.8 Å². The summed E-state index contributed by atoms with van der Waals surface area (Å²) >= 11 is 2.24. The highest BCUT2D eigenvalue weighted by molar-refractivity contribution is 8.37. The van der Waals surface area contributed by atoms with Crippen molar-refractivity contribution in [3.8, 4) is 0 Å². The van der Waals surface area contributed by atoms with Crippen LogP contribution in [0.15, 0.2) is 27.4 Å². The number of hydrogen-bond donors (Lipinski definition) is 0. The largest absolute Gasteiger partial charge is 0.419 e. The highest BCUT2D eigenvalue weighted by Gasteiger charge is 2.20. The summed E-state index contributed by atoms with van der Waals surface area (Å²) < 4.78 is 8.44. The predicted octanol–water partition coefficient (Wildman–Crippen LogP) is 3.55. The number of carbonyl (C=O) groups excluding carboxylic acids is 2. The van der Waals surface area contributed by atoms with Gasteiger partial charge in [-0.05, 0) is 37.0 Å². The molecule has 1 aromatic carbocycles. The van der Waals surface area contributed by atoms with Crippen molar-refractivity contribution < 1.29 is 14.0 Å². The van der Waals surface area contributed by atoms with Crippen LogP contribution in [0.5, 0.6) is 0 Å². The van der Waals surface area contributed by atoms with Crippen LogP contribution in [0.3, 0.4) is 0 Å². The number of benzene rings is 1. The van der Waals surface area contributed by atoms with E-state index in [-0.39, 0.29) is 16.0 Å². The molecule has 2 aromatic rings. The number of fused-ring (bicyclic) bond motifs is 1. The summed E-state index contributed by atoms with van der Waals surface area (Å²) in [6, 6.07) is 4.87. The molecular formula is C17H20N2O4S2. The molecule has 0 bridgehead atoms. The number of rotatable bonds is 4. The second kappa shape index (κ2) is 7.80. The van der Waals surface area contributed by atoms with E-state index in [0.717, 1.165) is 31.3 Å². The van der Waals surface area contributed by atoms with Crippen LogP contribution >= 0.6 is 23.7 Å². The molecular weight excluding hydrogens is 360 g/mol. The van der Waals surface area contributed by atoms with E-state index in [1.165, 1.54) is 22.9 Å². The van der Waals surface area contributed by atoms with Crippen molar-refractivity contribution >= 4 is 45.0 Å². The summed E-state index contributed by atoms with van der Waals surface area (Å²) in [7, 11) is 1.59. The molecule has 25 heavy (non-hydrogen) atoms. The Morgan fingerprint density at radius 3 is 2.92 bits per heavy atom. The van der Waals surface area contributed by atoms with E-state index in [2.05, 4.69) is 11.2 Å². The highest BCUT2D eigenvalue weighted by Crippen LogP contribution is 2.27. The molecule has 0 saturated carbocycles. The first kappa shape index (κ1) is 18.3. The van der Waals surface area contributed by atoms with Gasteiger partial charge in [-0.1, -0.05) is 18.7 Å². The smallest absolute Gasteiger partial charge is 0.408 e. The predicted molar refractivity (Wildman–Crippen MR) is 101 cm³/mol. The summed E-state index contributed by atoms with van der Waals surface area (Å²) in [4.78, 5) is 35.9. The Balaban J connectivity index is 1.57. The summed E-state index contributed by atoms with van der Waals surface area (Å²) in [5.74, 6) is 0.0961. The zero-order valence-electron chi connectivity index (χ0n) is 14.2. The van der Waals surface area contributed by atoms with Crippen LogP contribution in [-0.2, 0) is 7.05 Å². The first-order valence-corrected chi connectivity index (χ1v) is 9.92. The molecule has 0 amide bonds. The molecule has 1 fully saturated rings. The highest BCUT2D eigenvalue weighted by atomic mass is 32.2. The molecule has 3 rings (SSSR count). The van der Waals surface area contributed by atoms with E-state index < -0.39 is 5.76 Å². The number of oxazole rings is 1. The Bertz CT molecular complexity index is 858. The Labute approximate surface area is 154 Å². The Morgan fingerprint density at radius 1 is 1.36 bits per heavy atom. The second-order valence-corrected chi connectivity index (χ2v) is 8.57. The van der Waals surface area contributed by atoms with Crippen molar-refractivity contribution in [3.05, 3.63) is 34.3 Å². The van der Waals surface area contributed by atoms with Gasteiger partial charge in [0.25, 0.3) is 4.45 Å². The van der Waals surface area contributed by atoms with Crippen LogP contribution in [0, 0.1) is 5.92 Å². The van der Waals surface area contributed by atoms with Gasteiger partial charge < -0.3 is 4.42 Å². The summed E-state index contributed by atoms with van der Waals surface area (Å²) in [6.45, 7) is 4.02. The fourth-order valence-corrected chi connectivity index (χ4v) is 4.75. The van der Waals surface area contributed by atoms with Gasteiger partial charge >= 0.3 is 5.76 Å². The van der Waals surface area contributed by atoms with E-state index in [9.17, 15) is 14.4 Å². The lowest BCUT2D eigenvalue weighted by molar-refractivity contribution is 0.102. The number of aryl methyl sites for hydroxylation is 1. The van der Waals surface area contributed by atoms with Crippen molar-refractivity contribution in [2.24, 2.45) is 13.0 Å². The molecule has 1 unspecified atom stereocenters. The molecule has 6 nitrogen and oxygen atoms in total. The second-order valence-electron chi connectivity index (χ2n) is 6.30. The number of piperidine rings is 1. The number of Topliss-reactive ketones (excluding diaryl/α,β-unsaturated/α-hetero) is 1. The van der Waals surface area contributed by atoms with E-state index in [1.807, 2.05) is 0 Å². The van der Waals surface area contributed by atoms with E-state index >= 15 is 0 Å². The number of hydrogen-bond acceptors (Lipinski definition) is 7. The van der Waals surface area contributed by atoms with Crippen LogP contribution in [0.25, 0.3) is 11.1 Å². The molecule has 1 aliphatic heterocycles. The number of aromatic nitrogens is 1. The van der Waals surface area contributed by atoms with E-state index in [4.69, 9.17) is 4.42 Å². The lowest BCUT2D eigenvalue weighted by atomic mass is 10.0. The maximum atomic E-state index is 12.3. The van der Waals surface area contributed by atoms with E-state index in [0.29, 0.717) is 22.6 Å². The summed E-state index contributed by atoms with van der Waals surface area (Å²) in [6.07, 6.45) is 2.31. The first-order chi connectivity index (χ1) is 11.9. The average Bonchev–Trinajstić information content (AvgIpc) is 2.87. The van der Waals surface area contributed by atoms with Crippen molar-refractivity contribution in [1.82, 2.24) is 8.87 Å². The quantitative estimate of drug-likeness (QED) is 0.593. The van der Waals surface area contributed by atoms with Crippen LogP contribution in [0.2, 0.25) is 0 Å². The lowest BCUT2D eigenvalue weighted by Crippen LogP contribution is -2.29. The van der Waals surface area contributed by atoms with Gasteiger partial charge in [-0.3, -0.25) is 14.2 Å². The van der Waals surface area contributed by atoms with Gasteiger partial charge in [0, 0.05) is 37.6 Å². The minimum absolute atomic E-state index is 0.0563. The minimum Gasteiger partial charge on any atom is -0.408 e. The molecule has 1 saturated heterocycles. The maximum absolute atomic E-state index is 12.3. The lowest BCUT2D eigenvalue weighted by Gasteiger charge is -2.28. The van der Waals surface area contributed by atoms with Crippen LogP contribution in [-0.4, -0.2) is 37.9 Å². The third-order valence-electron chi connectivity index (χ3n) is 4.26. The van der Waals surface area contributed by atoms with Crippen LogP contribution in [0.1, 0.15) is 30.1 Å². The molecule has 0 aliphatic carbocycles. The van der Waals surface area contributed by atoms with Gasteiger partial charge in [-0.15, -0.1) is 0 Å². The van der Waals surface area contributed by atoms with Gasteiger partial charge in [-0.2, -0.15) is 0 Å². The fraction of sp³-hybridized carbons (Fsp3) is 0.471. The third-order valence-corrected chi connectivity index (χ3v) is 6.22. The number of ketones is 1. The van der Waals surface area contributed by atoms with Crippen LogP contribution in [0.4, 0.5) is 4.79 Å². The molecule has 8 heteroatoms. The van der Waals surface area contributed by atoms with Gasteiger partial charge in [-0.25, -0.2) is 9.10 Å². The number of carbonyl (C=O) groups is 2. The Kier molecular flexibility index (Phi) is 5.71. The maximum Gasteiger partial charge on any atom is 0.419 e. The van der Waals surface area contributed by atoms with Gasteiger partial charge in [0.1, 0.15) is 0 Å². The number of nitrogens with zero attached hydrogens (tertiary/aromatic N) is 2. The van der Waals surface area contributed by atoms with E-state index in [1.54, 1.807) is 25.2 Å². The Morgan fingerprint density at radius 2 is 2.16 bits per heavy atom. The summed E-state index contributed by atoms with van der Waals surface area (Å²) in [5.41, 5.74) is 1.49. The standard InChI is InChI=1S/C17H20N2O4S2/c1-11-4-3-7-19(9-11)25-17(22)24-10-14(20)12-5-6-15-13(8-12)18(2)16(21)23-15/h5-6,8,11H,3-4,7,9-10H2,1-2H3. The fourth-order valence-electron chi connectivity index (χ4n) is 2.87. The van der Waals surface area contributed by atoms with Crippen molar-refractivity contribution in [2.75, 3.05) is 18.8 Å². The third kappa shape index (κ3) is 4.37. The van der Waals surface area contributed by atoms with Gasteiger partial charge in [0.15, 0.2) is 11.4 Å². The number of thioether (sulfide) groups is 1. The van der Waals surface area contributed by atoms with Crippen molar-refractivity contribution in [1.29, 1.82) is 0 Å².